The molecular formula is C2H8O7P2. The predicted octanol–water partition coefficient (Wildman–Crippen LogP) is -0.727. The van der Waals surface area contributed by atoms with Gasteiger partial charge in [0.1, 0.15) is 12.7 Å². The lowest BCUT2D eigenvalue weighted by Crippen LogP contribution is -1.97. The third-order valence-corrected chi connectivity index (χ3v) is 1.56. The summed E-state index contributed by atoms with van der Waals surface area (Å²) in [5, 5.41) is 0. The van der Waals surface area contributed by atoms with Crippen LogP contribution in [0.1, 0.15) is 0 Å². The van der Waals surface area contributed by atoms with Crippen LogP contribution < -0.4 is 0 Å². The summed E-state index contributed by atoms with van der Waals surface area (Å²) in [6.45, 7) is 0. The minimum atomic E-state index is -4.32. The predicted molar refractivity (Wildman–Crippen MR) is 34.9 cm³/mol. The normalized spacial score (nSPS) is 13.5. The van der Waals surface area contributed by atoms with E-state index in [1.807, 2.05) is 0 Å². The molecule has 0 aromatic rings. The van der Waals surface area contributed by atoms with E-state index in [0.717, 1.165) is 0 Å². The van der Waals surface area contributed by atoms with Gasteiger partial charge in [0.2, 0.25) is 0 Å². The smallest absolute Gasteiger partial charge is 0.351 e. The third-order valence-electron chi connectivity index (χ3n) is 0.519. The van der Waals surface area contributed by atoms with Crippen molar-refractivity contribution in [3.63, 3.8) is 0 Å². The highest BCUT2D eigenvalue weighted by Crippen LogP contribution is 2.38. The summed E-state index contributed by atoms with van der Waals surface area (Å²) in [7, 11) is -8.63. The molecule has 0 aliphatic heterocycles. The maximum Gasteiger partial charge on any atom is 0.351 e. The Morgan fingerprint density at radius 3 is 1.36 bits per heavy atom. The van der Waals surface area contributed by atoms with Gasteiger partial charge in [-0.1, -0.05) is 0 Å². The van der Waals surface area contributed by atoms with Crippen molar-refractivity contribution in [1.82, 2.24) is 0 Å². The summed E-state index contributed by atoms with van der Waals surface area (Å²) in [4.78, 5) is 32.6. The molecule has 0 spiro atoms. The van der Waals surface area contributed by atoms with Gasteiger partial charge in [0.25, 0.3) is 0 Å². The fraction of sp³-hybridized carbons (Fsp3) is 1.00. The molecule has 0 aliphatic rings. The van der Waals surface area contributed by atoms with Crippen LogP contribution in [0.15, 0.2) is 0 Å². The topological polar surface area (TPSA) is 124 Å². The standard InChI is InChI=1S/C2H8O7P2/c3-10(4,5)1-9-2-11(6,7)8/h1-2H2,(H2,3,4,5)(H2,6,7,8). The summed E-state index contributed by atoms with van der Waals surface area (Å²) in [5.74, 6) is 0. The summed E-state index contributed by atoms with van der Waals surface area (Å²) in [5.41, 5.74) is 0. The fourth-order valence-corrected chi connectivity index (χ4v) is 1.08. The molecule has 0 amide bonds. The highest BCUT2D eigenvalue weighted by molar-refractivity contribution is 7.52. The summed E-state index contributed by atoms with van der Waals surface area (Å²) in [6, 6.07) is 0. The monoisotopic (exact) mass is 206 g/mol. The molecule has 0 heterocycles. The van der Waals surface area contributed by atoms with E-state index in [4.69, 9.17) is 19.6 Å². The molecule has 0 saturated carbocycles. The van der Waals surface area contributed by atoms with Gasteiger partial charge >= 0.3 is 15.2 Å². The molecular weight excluding hydrogens is 198 g/mol. The van der Waals surface area contributed by atoms with E-state index in [0.29, 0.717) is 0 Å². The minimum absolute atomic E-state index is 0.974. The average molecular weight is 206 g/mol. The van der Waals surface area contributed by atoms with Crippen LogP contribution in [-0.2, 0) is 13.9 Å². The van der Waals surface area contributed by atoms with E-state index >= 15 is 0 Å². The van der Waals surface area contributed by atoms with E-state index in [1.54, 1.807) is 0 Å². The van der Waals surface area contributed by atoms with Gasteiger partial charge in [-0.15, -0.1) is 0 Å². The van der Waals surface area contributed by atoms with Gasteiger partial charge in [-0.2, -0.15) is 0 Å². The largest absolute Gasteiger partial charge is 0.356 e. The number of rotatable bonds is 4. The molecule has 11 heavy (non-hydrogen) atoms. The Morgan fingerprint density at radius 2 is 1.18 bits per heavy atom. The maximum atomic E-state index is 10.0. The number of hydrogen-bond donors (Lipinski definition) is 4. The molecule has 0 rings (SSSR count). The second-order valence-electron chi connectivity index (χ2n) is 1.79. The zero-order valence-corrected chi connectivity index (χ0v) is 7.11. The van der Waals surface area contributed by atoms with Crippen molar-refractivity contribution in [3.05, 3.63) is 0 Å². The van der Waals surface area contributed by atoms with Crippen LogP contribution in [0.25, 0.3) is 0 Å². The zero-order chi connectivity index (χ0) is 9.12. The van der Waals surface area contributed by atoms with Crippen molar-refractivity contribution in [3.8, 4) is 0 Å². The lowest BCUT2D eigenvalue weighted by atomic mass is 11.5. The van der Waals surface area contributed by atoms with Gasteiger partial charge in [0.15, 0.2) is 0 Å². The fourth-order valence-electron chi connectivity index (χ4n) is 0.279. The van der Waals surface area contributed by atoms with E-state index in [1.165, 1.54) is 0 Å². The second-order valence-corrected chi connectivity index (χ2v) is 4.97. The van der Waals surface area contributed by atoms with Crippen molar-refractivity contribution in [1.29, 1.82) is 0 Å². The summed E-state index contributed by atoms with van der Waals surface area (Å²) >= 11 is 0. The van der Waals surface area contributed by atoms with E-state index in [2.05, 4.69) is 4.74 Å². The number of hydrogen-bond acceptors (Lipinski definition) is 3. The van der Waals surface area contributed by atoms with Crippen molar-refractivity contribution in [2.45, 2.75) is 0 Å². The van der Waals surface area contributed by atoms with E-state index in [9.17, 15) is 9.13 Å². The molecule has 0 aromatic carbocycles. The van der Waals surface area contributed by atoms with Crippen molar-refractivity contribution in [2.24, 2.45) is 0 Å². The second kappa shape index (κ2) is 3.78. The van der Waals surface area contributed by atoms with Gasteiger partial charge < -0.3 is 24.3 Å². The Morgan fingerprint density at radius 1 is 0.909 bits per heavy atom. The van der Waals surface area contributed by atoms with Gasteiger partial charge in [-0.05, 0) is 0 Å². The molecule has 0 fully saturated rings. The average Bonchev–Trinajstić information content (AvgIpc) is 1.55. The molecule has 0 aromatic heterocycles. The molecule has 7 nitrogen and oxygen atoms in total. The van der Waals surface area contributed by atoms with Crippen molar-refractivity contribution >= 4 is 15.2 Å². The first-order chi connectivity index (χ1) is 4.71. The van der Waals surface area contributed by atoms with Crippen LogP contribution in [0, 0.1) is 0 Å². The van der Waals surface area contributed by atoms with Gasteiger partial charge in [-0.3, -0.25) is 9.13 Å². The van der Waals surface area contributed by atoms with Crippen molar-refractivity contribution in [2.75, 3.05) is 12.7 Å². The first kappa shape index (κ1) is 11.3. The highest BCUT2D eigenvalue weighted by Gasteiger charge is 2.18. The molecule has 0 aliphatic carbocycles. The molecule has 0 unspecified atom stereocenters. The quantitative estimate of drug-likeness (QED) is 0.447. The number of ether oxygens (including phenoxy) is 1. The van der Waals surface area contributed by atoms with E-state index < -0.39 is 27.9 Å². The molecule has 0 saturated heterocycles. The lowest BCUT2D eigenvalue weighted by Gasteiger charge is -2.05. The van der Waals surface area contributed by atoms with Gasteiger partial charge in [-0.25, -0.2) is 0 Å². The van der Waals surface area contributed by atoms with Crippen LogP contribution >= 0.6 is 15.2 Å². The highest BCUT2D eigenvalue weighted by atomic mass is 31.2. The SMILES string of the molecule is O=P(O)(O)COCP(=O)(O)O. The Hall–Kier alpha value is 0.260. The Labute approximate surface area is 62.3 Å². The maximum absolute atomic E-state index is 10.0. The molecule has 0 atom stereocenters. The van der Waals surface area contributed by atoms with E-state index in [-0.39, 0.29) is 0 Å². The lowest BCUT2D eigenvalue weighted by molar-refractivity contribution is 0.178. The summed E-state index contributed by atoms with van der Waals surface area (Å²) in [6.07, 6.45) is -1.95. The van der Waals surface area contributed by atoms with Crippen LogP contribution in [0.3, 0.4) is 0 Å². The molecule has 4 N–H and O–H groups in total. The van der Waals surface area contributed by atoms with Crippen LogP contribution in [-0.4, -0.2) is 32.3 Å². The molecule has 9 heteroatoms. The van der Waals surface area contributed by atoms with Gasteiger partial charge in [0, 0.05) is 0 Å². The Balaban J connectivity index is 3.61. The van der Waals surface area contributed by atoms with Crippen molar-refractivity contribution < 1.29 is 33.4 Å². The summed E-state index contributed by atoms with van der Waals surface area (Å²) < 4.78 is 24.1. The Kier molecular flexibility index (Phi) is 3.87. The van der Waals surface area contributed by atoms with Gasteiger partial charge in [0.05, 0.1) is 0 Å². The zero-order valence-electron chi connectivity index (χ0n) is 5.32. The minimum Gasteiger partial charge on any atom is -0.356 e. The molecule has 0 radical (unpaired) electrons. The molecule has 0 bridgehead atoms. The third kappa shape index (κ3) is 10.3. The first-order valence-electron chi connectivity index (χ1n) is 2.37. The van der Waals surface area contributed by atoms with Crippen LogP contribution in [0.4, 0.5) is 0 Å². The van der Waals surface area contributed by atoms with Crippen LogP contribution in [0.2, 0.25) is 0 Å². The Bertz CT molecular complexity index is 176. The first-order valence-corrected chi connectivity index (χ1v) is 5.97. The molecule has 68 valence electrons. The van der Waals surface area contributed by atoms with Crippen LogP contribution in [0.5, 0.6) is 0 Å².